The van der Waals surface area contributed by atoms with E-state index in [4.69, 9.17) is 0 Å². The molecule has 0 spiro atoms. The van der Waals surface area contributed by atoms with Gasteiger partial charge in [-0.2, -0.15) is 0 Å². The van der Waals surface area contributed by atoms with Gasteiger partial charge in [0.05, 0.1) is 0 Å². The number of hydrogen-bond acceptors (Lipinski definition) is 2. The van der Waals surface area contributed by atoms with E-state index in [0.29, 0.717) is 0 Å². The lowest BCUT2D eigenvalue weighted by Gasteiger charge is -2.20. The molecule has 1 aromatic rings. The predicted octanol–water partition coefficient (Wildman–Crippen LogP) is 3.48. The molecule has 0 radical (unpaired) electrons. The molecule has 2 N–H and O–H groups in total. The Morgan fingerprint density at radius 2 is 2.00 bits per heavy atom. The molecule has 1 aromatic carbocycles. The molecule has 0 bridgehead atoms. The summed E-state index contributed by atoms with van der Waals surface area (Å²) in [5.74, 6) is 0. The minimum atomic E-state index is 0.160. The zero-order valence-corrected chi connectivity index (χ0v) is 10.1. The summed E-state index contributed by atoms with van der Waals surface area (Å²) in [5, 5.41) is 6.79. The number of hydrogen-bond donors (Lipinski definition) is 2. The van der Waals surface area contributed by atoms with Gasteiger partial charge in [-0.25, -0.2) is 0 Å². The lowest BCUT2D eigenvalue weighted by atomic mass is 9.83. The third-order valence-corrected chi connectivity index (χ3v) is 3.72. The van der Waals surface area contributed by atoms with Gasteiger partial charge in [-0.05, 0) is 36.1 Å². The molecule has 1 saturated carbocycles. The molecule has 16 heavy (non-hydrogen) atoms. The van der Waals surface area contributed by atoms with E-state index in [1.165, 1.54) is 35.5 Å². The van der Waals surface area contributed by atoms with Gasteiger partial charge in [0, 0.05) is 29.5 Å². The van der Waals surface area contributed by atoms with Crippen LogP contribution >= 0.6 is 0 Å². The van der Waals surface area contributed by atoms with E-state index in [1.807, 2.05) is 7.05 Å². The average molecular weight is 214 g/mol. The SMILES string of the molecule is CNc1ccc2c(c1)NC(=C1CC1)C2(C)C. The van der Waals surface area contributed by atoms with Gasteiger partial charge in [0.25, 0.3) is 0 Å². The molecule has 0 aromatic heterocycles. The lowest BCUT2D eigenvalue weighted by molar-refractivity contribution is 0.651. The summed E-state index contributed by atoms with van der Waals surface area (Å²) < 4.78 is 0. The van der Waals surface area contributed by atoms with Crippen LogP contribution in [-0.2, 0) is 5.41 Å². The van der Waals surface area contributed by atoms with Gasteiger partial charge in [0.1, 0.15) is 0 Å². The van der Waals surface area contributed by atoms with E-state index < -0.39 is 0 Å². The first-order valence-electron chi connectivity index (χ1n) is 5.95. The van der Waals surface area contributed by atoms with Crippen molar-refractivity contribution in [1.82, 2.24) is 0 Å². The summed E-state index contributed by atoms with van der Waals surface area (Å²) in [6, 6.07) is 6.60. The fourth-order valence-corrected chi connectivity index (χ4v) is 2.62. The van der Waals surface area contributed by atoms with Crippen molar-refractivity contribution in [3.8, 4) is 0 Å². The van der Waals surface area contributed by atoms with E-state index >= 15 is 0 Å². The Bertz CT molecular complexity index is 478. The normalized spacial score (nSPS) is 20.4. The fraction of sp³-hybridized carbons (Fsp3) is 0.429. The first-order valence-corrected chi connectivity index (χ1v) is 5.95. The number of allylic oxidation sites excluding steroid dienone is 2. The van der Waals surface area contributed by atoms with E-state index in [1.54, 1.807) is 5.57 Å². The Balaban J connectivity index is 2.12. The Labute approximate surface area is 96.7 Å². The zero-order valence-electron chi connectivity index (χ0n) is 10.1. The maximum atomic E-state index is 3.60. The Morgan fingerprint density at radius 1 is 1.25 bits per heavy atom. The van der Waals surface area contributed by atoms with Crippen molar-refractivity contribution in [2.75, 3.05) is 17.7 Å². The topological polar surface area (TPSA) is 24.1 Å². The van der Waals surface area contributed by atoms with Crippen LogP contribution in [0.3, 0.4) is 0 Å². The van der Waals surface area contributed by atoms with Crippen LogP contribution in [0.1, 0.15) is 32.3 Å². The second-order valence-corrected chi connectivity index (χ2v) is 5.24. The van der Waals surface area contributed by atoms with Gasteiger partial charge < -0.3 is 10.6 Å². The molecule has 0 unspecified atom stereocenters. The molecular formula is C14H18N2. The summed E-state index contributed by atoms with van der Waals surface area (Å²) in [7, 11) is 1.96. The second kappa shape index (κ2) is 3.03. The molecule has 2 nitrogen and oxygen atoms in total. The fourth-order valence-electron chi connectivity index (χ4n) is 2.62. The smallest absolute Gasteiger partial charge is 0.0444 e. The highest BCUT2D eigenvalue weighted by Gasteiger charge is 2.38. The number of benzene rings is 1. The molecule has 2 aliphatic rings. The van der Waals surface area contributed by atoms with Crippen LogP contribution in [0.4, 0.5) is 11.4 Å². The molecule has 2 heteroatoms. The number of rotatable bonds is 1. The van der Waals surface area contributed by atoms with Crippen LogP contribution in [0.15, 0.2) is 29.5 Å². The van der Waals surface area contributed by atoms with Gasteiger partial charge in [-0.3, -0.25) is 0 Å². The molecule has 84 valence electrons. The largest absolute Gasteiger partial charge is 0.388 e. The predicted molar refractivity (Wildman–Crippen MR) is 68.9 cm³/mol. The maximum absolute atomic E-state index is 3.60. The number of nitrogens with one attached hydrogen (secondary N) is 2. The van der Waals surface area contributed by atoms with Crippen molar-refractivity contribution in [3.63, 3.8) is 0 Å². The minimum absolute atomic E-state index is 0.160. The highest BCUT2D eigenvalue weighted by Crippen LogP contribution is 2.49. The van der Waals surface area contributed by atoms with Crippen molar-refractivity contribution in [3.05, 3.63) is 35.0 Å². The zero-order chi connectivity index (χ0) is 11.3. The second-order valence-electron chi connectivity index (χ2n) is 5.24. The summed E-state index contributed by atoms with van der Waals surface area (Å²) in [6.07, 6.45) is 2.55. The monoisotopic (exact) mass is 214 g/mol. The van der Waals surface area contributed by atoms with Crippen molar-refractivity contribution in [2.24, 2.45) is 0 Å². The Kier molecular flexibility index (Phi) is 1.85. The Hall–Kier alpha value is -1.44. The number of anilines is 2. The Morgan fingerprint density at radius 3 is 2.62 bits per heavy atom. The molecule has 0 atom stereocenters. The molecule has 0 saturated heterocycles. The molecular weight excluding hydrogens is 196 g/mol. The van der Waals surface area contributed by atoms with Crippen molar-refractivity contribution in [2.45, 2.75) is 32.1 Å². The standard InChI is InChI=1S/C14H18N2/c1-14(2)11-7-6-10(15-3)8-12(11)16-13(14)9-4-5-9/h6-8,15-16H,4-5H2,1-3H3. The van der Waals surface area contributed by atoms with Crippen LogP contribution in [0.2, 0.25) is 0 Å². The summed E-state index contributed by atoms with van der Waals surface area (Å²) in [6.45, 7) is 4.62. The highest BCUT2D eigenvalue weighted by atomic mass is 15.0. The minimum Gasteiger partial charge on any atom is -0.388 e. The van der Waals surface area contributed by atoms with E-state index in [0.717, 1.165) is 0 Å². The van der Waals surface area contributed by atoms with Gasteiger partial charge in [-0.15, -0.1) is 0 Å². The van der Waals surface area contributed by atoms with Crippen molar-refractivity contribution < 1.29 is 0 Å². The number of fused-ring (bicyclic) bond motifs is 1. The van der Waals surface area contributed by atoms with Crippen molar-refractivity contribution >= 4 is 11.4 Å². The third-order valence-electron chi connectivity index (χ3n) is 3.72. The first-order chi connectivity index (χ1) is 7.63. The molecule has 3 rings (SSSR count). The average Bonchev–Trinajstić information content (AvgIpc) is 3.05. The maximum Gasteiger partial charge on any atom is 0.0444 e. The van der Waals surface area contributed by atoms with E-state index in [-0.39, 0.29) is 5.41 Å². The first kappa shape index (κ1) is 9.76. The van der Waals surface area contributed by atoms with Crippen LogP contribution in [-0.4, -0.2) is 7.05 Å². The molecule has 1 fully saturated rings. The summed E-state index contributed by atoms with van der Waals surface area (Å²) in [4.78, 5) is 0. The van der Waals surface area contributed by atoms with Crippen LogP contribution in [0, 0.1) is 0 Å². The van der Waals surface area contributed by atoms with Crippen molar-refractivity contribution in [1.29, 1.82) is 0 Å². The van der Waals surface area contributed by atoms with Crippen LogP contribution in [0.5, 0.6) is 0 Å². The summed E-state index contributed by atoms with van der Waals surface area (Å²) >= 11 is 0. The molecule has 1 aliphatic carbocycles. The molecule has 1 heterocycles. The van der Waals surface area contributed by atoms with Crippen LogP contribution < -0.4 is 10.6 Å². The van der Waals surface area contributed by atoms with Crippen LogP contribution in [0.25, 0.3) is 0 Å². The van der Waals surface area contributed by atoms with Gasteiger partial charge in [0.2, 0.25) is 0 Å². The van der Waals surface area contributed by atoms with E-state index in [2.05, 4.69) is 42.7 Å². The van der Waals surface area contributed by atoms with Gasteiger partial charge in [-0.1, -0.05) is 19.9 Å². The lowest BCUT2D eigenvalue weighted by Crippen LogP contribution is -2.17. The van der Waals surface area contributed by atoms with E-state index in [9.17, 15) is 0 Å². The molecule has 0 amide bonds. The third kappa shape index (κ3) is 1.26. The summed E-state index contributed by atoms with van der Waals surface area (Å²) in [5.41, 5.74) is 7.06. The quantitative estimate of drug-likeness (QED) is 0.748. The molecule has 1 aliphatic heterocycles. The van der Waals surface area contributed by atoms with Gasteiger partial charge >= 0.3 is 0 Å². The van der Waals surface area contributed by atoms with Gasteiger partial charge in [0.15, 0.2) is 0 Å². The highest BCUT2D eigenvalue weighted by molar-refractivity contribution is 5.73.